The number of hydrogen-bond acceptors (Lipinski definition) is 2. The van der Waals surface area contributed by atoms with E-state index < -0.39 is 6.10 Å². The fourth-order valence-corrected chi connectivity index (χ4v) is 2.81. The zero-order valence-corrected chi connectivity index (χ0v) is 11.6. The molecule has 0 bridgehead atoms. The molecule has 0 aliphatic heterocycles. The van der Waals surface area contributed by atoms with E-state index in [4.69, 9.17) is 0 Å². The highest BCUT2D eigenvalue weighted by molar-refractivity contribution is 5.95. The maximum Gasteiger partial charge on any atom is 0.251 e. The van der Waals surface area contributed by atoms with E-state index in [1.165, 1.54) is 19.3 Å². The quantitative estimate of drug-likeness (QED) is 0.875. The van der Waals surface area contributed by atoms with Gasteiger partial charge in [-0.15, -0.1) is 0 Å². The van der Waals surface area contributed by atoms with E-state index in [0.29, 0.717) is 18.0 Å². The molecule has 0 saturated heterocycles. The third-order valence-electron chi connectivity index (χ3n) is 4.06. The minimum Gasteiger partial charge on any atom is -0.391 e. The Morgan fingerprint density at radius 1 is 1.32 bits per heavy atom. The van der Waals surface area contributed by atoms with E-state index >= 15 is 0 Å². The molecule has 2 rings (SSSR count). The third kappa shape index (κ3) is 3.80. The third-order valence-corrected chi connectivity index (χ3v) is 4.06. The minimum absolute atomic E-state index is 0.0899. The molecule has 0 spiro atoms. The molecule has 1 aromatic rings. The summed E-state index contributed by atoms with van der Waals surface area (Å²) in [6.45, 7) is 2.28. The van der Waals surface area contributed by atoms with Crippen molar-refractivity contribution in [2.24, 2.45) is 5.92 Å². The van der Waals surface area contributed by atoms with Gasteiger partial charge in [0.15, 0.2) is 0 Å². The standard InChI is InChI=1S/C16H23NO2/c1-12-7-5-6-10-14(12)16(19)17-11-15(18)13-8-3-2-4-9-13/h5-7,10,13,15,18H,2-4,8-9,11H2,1H3,(H,17,19)/t15-/m0/s1. The van der Waals surface area contributed by atoms with Crippen LogP contribution in [0.2, 0.25) is 0 Å². The predicted octanol–water partition coefficient (Wildman–Crippen LogP) is 2.67. The first kappa shape index (κ1) is 14.1. The van der Waals surface area contributed by atoms with Crippen molar-refractivity contribution in [1.82, 2.24) is 5.32 Å². The number of aryl methyl sites for hydroxylation is 1. The molecule has 1 aliphatic carbocycles. The number of amides is 1. The summed E-state index contributed by atoms with van der Waals surface area (Å²) in [5.41, 5.74) is 1.66. The van der Waals surface area contributed by atoms with Gasteiger partial charge in [0.05, 0.1) is 6.10 Å². The Hall–Kier alpha value is -1.35. The first-order chi connectivity index (χ1) is 9.18. The maximum atomic E-state index is 12.0. The zero-order valence-electron chi connectivity index (χ0n) is 11.6. The van der Waals surface area contributed by atoms with Crippen LogP contribution in [0.4, 0.5) is 0 Å². The molecule has 3 nitrogen and oxygen atoms in total. The molecule has 1 atom stereocenters. The lowest BCUT2D eigenvalue weighted by Crippen LogP contribution is -2.37. The summed E-state index contributed by atoms with van der Waals surface area (Å²) in [5, 5.41) is 13.0. The van der Waals surface area contributed by atoms with Crippen molar-refractivity contribution >= 4 is 5.91 Å². The largest absolute Gasteiger partial charge is 0.391 e. The van der Waals surface area contributed by atoms with E-state index in [9.17, 15) is 9.90 Å². The molecule has 0 unspecified atom stereocenters. The molecule has 0 radical (unpaired) electrons. The average molecular weight is 261 g/mol. The Labute approximate surface area is 115 Å². The topological polar surface area (TPSA) is 49.3 Å². The van der Waals surface area contributed by atoms with Crippen molar-refractivity contribution in [1.29, 1.82) is 0 Å². The summed E-state index contributed by atoms with van der Waals surface area (Å²) in [5.74, 6) is 0.263. The fraction of sp³-hybridized carbons (Fsp3) is 0.562. The average Bonchev–Trinajstić information content (AvgIpc) is 2.46. The fourth-order valence-electron chi connectivity index (χ4n) is 2.81. The summed E-state index contributed by atoms with van der Waals surface area (Å²) in [6.07, 6.45) is 5.44. The molecule has 3 heteroatoms. The Morgan fingerprint density at radius 2 is 2.00 bits per heavy atom. The van der Waals surface area contributed by atoms with Gasteiger partial charge in [-0.25, -0.2) is 0 Å². The molecule has 0 heterocycles. The molecule has 1 fully saturated rings. The van der Waals surface area contributed by atoms with Gasteiger partial charge >= 0.3 is 0 Å². The van der Waals surface area contributed by atoms with Gasteiger partial charge < -0.3 is 10.4 Å². The van der Waals surface area contributed by atoms with Crippen LogP contribution in [-0.2, 0) is 0 Å². The van der Waals surface area contributed by atoms with Gasteiger partial charge in [0.1, 0.15) is 0 Å². The normalized spacial score (nSPS) is 18.0. The molecule has 2 N–H and O–H groups in total. The molecule has 1 aliphatic rings. The van der Waals surface area contributed by atoms with Crippen molar-refractivity contribution in [2.75, 3.05) is 6.54 Å². The van der Waals surface area contributed by atoms with E-state index in [1.54, 1.807) is 0 Å². The molecule has 19 heavy (non-hydrogen) atoms. The Morgan fingerprint density at radius 3 is 2.68 bits per heavy atom. The minimum atomic E-state index is -0.409. The Balaban J connectivity index is 1.84. The monoisotopic (exact) mass is 261 g/mol. The first-order valence-electron chi connectivity index (χ1n) is 7.20. The summed E-state index contributed by atoms with van der Waals surface area (Å²) < 4.78 is 0. The zero-order chi connectivity index (χ0) is 13.7. The second-order valence-electron chi connectivity index (χ2n) is 5.49. The van der Waals surface area contributed by atoms with Gasteiger partial charge in [-0.05, 0) is 37.3 Å². The van der Waals surface area contributed by atoms with E-state index in [1.807, 2.05) is 31.2 Å². The van der Waals surface area contributed by atoms with Crippen molar-refractivity contribution in [3.05, 3.63) is 35.4 Å². The van der Waals surface area contributed by atoms with Crippen LogP contribution in [0.3, 0.4) is 0 Å². The molecule has 104 valence electrons. The van der Waals surface area contributed by atoms with Crippen molar-refractivity contribution in [3.8, 4) is 0 Å². The van der Waals surface area contributed by atoms with Gasteiger partial charge in [-0.3, -0.25) is 4.79 Å². The SMILES string of the molecule is Cc1ccccc1C(=O)NC[C@H](O)C1CCCCC1. The van der Waals surface area contributed by atoms with Crippen LogP contribution in [0, 0.1) is 12.8 Å². The molecular formula is C16H23NO2. The van der Waals surface area contributed by atoms with E-state index in [-0.39, 0.29) is 5.91 Å². The number of aliphatic hydroxyl groups excluding tert-OH is 1. The van der Waals surface area contributed by atoms with E-state index in [2.05, 4.69) is 5.32 Å². The summed E-state index contributed by atoms with van der Waals surface area (Å²) in [7, 11) is 0. The molecular weight excluding hydrogens is 238 g/mol. The summed E-state index contributed by atoms with van der Waals surface area (Å²) in [6, 6.07) is 7.52. The number of aliphatic hydroxyl groups is 1. The number of rotatable bonds is 4. The highest BCUT2D eigenvalue weighted by Gasteiger charge is 2.22. The number of benzene rings is 1. The van der Waals surface area contributed by atoms with Crippen LogP contribution >= 0.6 is 0 Å². The highest BCUT2D eigenvalue weighted by Crippen LogP contribution is 2.26. The Bertz CT molecular complexity index is 425. The van der Waals surface area contributed by atoms with Gasteiger partial charge in [0.2, 0.25) is 0 Å². The number of carbonyl (C=O) groups is 1. The second-order valence-corrected chi connectivity index (χ2v) is 5.49. The van der Waals surface area contributed by atoms with Crippen molar-refractivity contribution in [3.63, 3.8) is 0 Å². The van der Waals surface area contributed by atoms with Gasteiger partial charge in [-0.1, -0.05) is 37.5 Å². The number of nitrogens with one attached hydrogen (secondary N) is 1. The van der Waals surface area contributed by atoms with Crippen molar-refractivity contribution < 1.29 is 9.90 Å². The van der Waals surface area contributed by atoms with E-state index in [0.717, 1.165) is 18.4 Å². The lowest BCUT2D eigenvalue weighted by Gasteiger charge is -2.26. The van der Waals surface area contributed by atoms with Crippen LogP contribution in [0.25, 0.3) is 0 Å². The van der Waals surface area contributed by atoms with Crippen molar-refractivity contribution in [2.45, 2.75) is 45.1 Å². The Kier molecular flexibility index (Phi) is 4.97. The van der Waals surface area contributed by atoms with Gasteiger partial charge in [0.25, 0.3) is 5.91 Å². The highest BCUT2D eigenvalue weighted by atomic mass is 16.3. The lowest BCUT2D eigenvalue weighted by molar-refractivity contribution is 0.0738. The second kappa shape index (κ2) is 6.71. The first-order valence-corrected chi connectivity index (χ1v) is 7.20. The molecule has 1 amide bonds. The van der Waals surface area contributed by atoms with Crippen LogP contribution in [-0.4, -0.2) is 23.7 Å². The smallest absolute Gasteiger partial charge is 0.251 e. The lowest BCUT2D eigenvalue weighted by atomic mass is 9.85. The number of carbonyl (C=O) groups excluding carboxylic acids is 1. The van der Waals surface area contributed by atoms with Gasteiger partial charge in [-0.2, -0.15) is 0 Å². The summed E-state index contributed by atoms with van der Waals surface area (Å²) in [4.78, 5) is 12.0. The van der Waals surface area contributed by atoms with Crippen LogP contribution in [0.5, 0.6) is 0 Å². The van der Waals surface area contributed by atoms with Gasteiger partial charge in [0, 0.05) is 12.1 Å². The molecule has 1 aromatic carbocycles. The van der Waals surface area contributed by atoms with Crippen LogP contribution in [0.15, 0.2) is 24.3 Å². The van der Waals surface area contributed by atoms with Crippen LogP contribution in [0.1, 0.15) is 48.0 Å². The maximum absolute atomic E-state index is 12.0. The summed E-state index contributed by atoms with van der Waals surface area (Å²) >= 11 is 0. The molecule has 0 aromatic heterocycles. The predicted molar refractivity (Wildman–Crippen MR) is 76.1 cm³/mol. The molecule has 1 saturated carbocycles. The van der Waals surface area contributed by atoms with Crippen LogP contribution < -0.4 is 5.32 Å². The number of hydrogen-bond donors (Lipinski definition) is 2.